The van der Waals surface area contributed by atoms with Crippen LogP contribution in [-0.2, 0) is 23.9 Å². The molecule has 10 heteroatoms. The minimum Gasteiger partial charge on any atom is -0.494 e. The van der Waals surface area contributed by atoms with Gasteiger partial charge in [0.2, 0.25) is 5.91 Å². The minimum atomic E-state index is -0.672. The molecule has 0 saturated carbocycles. The van der Waals surface area contributed by atoms with Crippen LogP contribution in [0.15, 0.2) is 24.3 Å². The highest BCUT2D eigenvalue weighted by Crippen LogP contribution is 2.33. The van der Waals surface area contributed by atoms with Crippen LogP contribution in [0, 0.1) is 19.8 Å². The maximum Gasteiger partial charge on any atom is 0.341 e. The number of nitrogens with one attached hydrogen (secondary N) is 1. The van der Waals surface area contributed by atoms with E-state index in [0.717, 1.165) is 10.4 Å². The first-order valence-corrected chi connectivity index (χ1v) is 11.2. The van der Waals surface area contributed by atoms with Crippen molar-refractivity contribution in [3.05, 3.63) is 40.3 Å². The highest BCUT2D eigenvalue weighted by Gasteiger charge is 2.36. The lowest BCUT2D eigenvalue weighted by atomic mass is 10.1. The van der Waals surface area contributed by atoms with Crippen LogP contribution in [-0.4, -0.2) is 50.6 Å². The summed E-state index contributed by atoms with van der Waals surface area (Å²) >= 11 is 1.24. The molecule has 2 amide bonds. The highest BCUT2D eigenvalue weighted by atomic mass is 32.1. The summed E-state index contributed by atoms with van der Waals surface area (Å²) in [7, 11) is 1.27. The molecule has 176 valence electrons. The molecule has 0 unspecified atom stereocenters. The maximum atomic E-state index is 12.5. The molecule has 0 aliphatic carbocycles. The van der Waals surface area contributed by atoms with Crippen LogP contribution in [0.25, 0.3) is 0 Å². The van der Waals surface area contributed by atoms with E-state index in [2.05, 4.69) is 5.32 Å². The van der Waals surface area contributed by atoms with E-state index in [-0.39, 0.29) is 24.4 Å². The van der Waals surface area contributed by atoms with Crippen LogP contribution in [0.1, 0.15) is 34.1 Å². The minimum absolute atomic E-state index is 0.00344. The summed E-state index contributed by atoms with van der Waals surface area (Å²) in [6, 6.07) is 7.04. The van der Waals surface area contributed by atoms with E-state index in [4.69, 9.17) is 14.2 Å². The van der Waals surface area contributed by atoms with Gasteiger partial charge in [-0.2, -0.15) is 0 Å². The van der Waals surface area contributed by atoms with E-state index < -0.39 is 30.4 Å². The molecular weight excluding hydrogens is 448 g/mol. The molecule has 33 heavy (non-hydrogen) atoms. The van der Waals surface area contributed by atoms with Crippen molar-refractivity contribution in [1.82, 2.24) is 0 Å². The van der Waals surface area contributed by atoms with Gasteiger partial charge >= 0.3 is 11.9 Å². The molecule has 1 aliphatic rings. The summed E-state index contributed by atoms with van der Waals surface area (Å²) in [5.41, 5.74) is 1.67. The molecule has 2 aromatic rings. The Hall–Kier alpha value is -3.40. The maximum absolute atomic E-state index is 12.5. The van der Waals surface area contributed by atoms with Crippen molar-refractivity contribution in [3.8, 4) is 5.75 Å². The van der Waals surface area contributed by atoms with E-state index in [1.165, 1.54) is 23.3 Å². The predicted molar refractivity (Wildman–Crippen MR) is 123 cm³/mol. The molecule has 1 atom stereocenters. The molecule has 2 heterocycles. The zero-order valence-electron chi connectivity index (χ0n) is 18.9. The molecule has 3 rings (SSSR count). The summed E-state index contributed by atoms with van der Waals surface area (Å²) in [5, 5.41) is 2.95. The third kappa shape index (κ3) is 5.51. The van der Waals surface area contributed by atoms with Crippen LogP contribution in [0.5, 0.6) is 5.75 Å². The third-order valence-corrected chi connectivity index (χ3v) is 6.41. The van der Waals surface area contributed by atoms with Crippen molar-refractivity contribution in [3.63, 3.8) is 0 Å². The van der Waals surface area contributed by atoms with Crippen molar-refractivity contribution >= 4 is 45.8 Å². The number of carbonyl (C=O) groups excluding carboxylic acids is 4. The number of anilines is 2. The van der Waals surface area contributed by atoms with Gasteiger partial charge in [-0.3, -0.25) is 14.4 Å². The van der Waals surface area contributed by atoms with Crippen LogP contribution < -0.4 is 15.0 Å². The van der Waals surface area contributed by atoms with Gasteiger partial charge in [0.05, 0.1) is 25.2 Å². The van der Waals surface area contributed by atoms with Gasteiger partial charge in [-0.05, 0) is 50.6 Å². The van der Waals surface area contributed by atoms with Crippen LogP contribution in [0.2, 0.25) is 0 Å². The molecule has 1 N–H and O–H groups in total. The molecule has 1 aromatic heterocycles. The van der Waals surface area contributed by atoms with E-state index in [9.17, 15) is 19.2 Å². The first-order chi connectivity index (χ1) is 15.7. The molecule has 0 spiro atoms. The zero-order valence-corrected chi connectivity index (χ0v) is 19.7. The Morgan fingerprint density at radius 3 is 2.52 bits per heavy atom. The van der Waals surface area contributed by atoms with Crippen molar-refractivity contribution in [1.29, 1.82) is 0 Å². The van der Waals surface area contributed by atoms with Gasteiger partial charge in [-0.15, -0.1) is 11.3 Å². The van der Waals surface area contributed by atoms with Gasteiger partial charge in [0.15, 0.2) is 6.61 Å². The number of rotatable bonds is 8. The number of ether oxygens (including phenoxy) is 3. The van der Waals surface area contributed by atoms with Gasteiger partial charge < -0.3 is 24.4 Å². The second-order valence-electron chi connectivity index (χ2n) is 7.47. The Morgan fingerprint density at radius 1 is 1.18 bits per heavy atom. The lowest BCUT2D eigenvalue weighted by molar-refractivity contribution is -0.151. The molecule has 1 saturated heterocycles. The summed E-state index contributed by atoms with van der Waals surface area (Å²) in [5.74, 6) is -1.93. The van der Waals surface area contributed by atoms with E-state index >= 15 is 0 Å². The first kappa shape index (κ1) is 24.2. The number of carbonyl (C=O) groups is 4. The molecule has 1 aromatic carbocycles. The van der Waals surface area contributed by atoms with E-state index in [1.54, 1.807) is 31.2 Å². The van der Waals surface area contributed by atoms with Gasteiger partial charge in [0.25, 0.3) is 5.91 Å². The second kappa shape index (κ2) is 10.5. The van der Waals surface area contributed by atoms with Crippen molar-refractivity contribution in [2.24, 2.45) is 5.92 Å². The largest absolute Gasteiger partial charge is 0.494 e. The fourth-order valence-electron chi connectivity index (χ4n) is 3.48. The number of hydrogen-bond acceptors (Lipinski definition) is 8. The summed E-state index contributed by atoms with van der Waals surface area (Å²) in [4.78, 5) is 51.6. The lowest BCUT2D eigenvalue weighted by Crippen LogP contribution is -2.28. The summed E-state index contributed by atoms with van der Waals surface area (Å²) in [6.07, 6.45) is 0.00344. The number of esters is 2. The number of thiophene rings is 1. The average Bonchev–Trinajstić information content (AvgIpc) is 3.31. The standard InChI is InChI=1S/C23H26N2O7S/c1-5-31-17-8-6-16(7-9-17)25-11-15(10-19(25)27)22(28)32-12-18(26)24-21-20(23(29)30-4)13(2)14(3)33-21/h6-9,15H,5,10-12H2,1-4H3,(H,24,26)/t15-/m0/s1. The fraction of sp³-hybridized carbons (Fsp3) is 0.391. The molecule has 0 radical (unpaired) electrons. The fourth-order valence-corrected chi connectivity index (χ4v) is 4.55. The van der Waals surface area contributed by atoms with Crippen LogP contribution >= 0.6 is 11.3 Å². The van der Waals surface area contributed by atoms with E-state index in [0.29, 0.717) is 23.0 Å². The Morgan fingerprint density at radius 2 is 1.88 bits per heavy atom. The van der Waals surface area contributed by atoms with Crippen LogP contribution in [0.4, 0.5) is 10.7 Å². The topological polar surface area (TPSA) is 111 Å². The first-order valence-electron chi connectivity index (χ1n) is 10.4. The van der Waals surface area contributed by atoms with Crippen molar-refractivity contribution < 1.29 is 33.4 Å². The number of methoxy groups -OCH3 is 1. The van der Waals surface area contributed by atoms with E-state index in [1.807, 2.05) is 13.8 Å². The predicted octanol–water partition coefficient (Wildman–Crippen LogP) is 3.09. The molecule has 9 nitrogen and oxygen atoms in total. The molecular formula is C23H26N2O7S. The van der Waals surface area contributed by atoms with Gasteiger partial charge in [0, 0.05) is 23.5 Å². The Labute approximate surface area is 195 Å². The Balaban J connectivity index is 1.56. The van der Waals surface area contributed by atoms with Gasteiger partial charge in [-0.1, -0.05) is 0 Å². The third-order valence-electron chi connectivity index (χ3n) is 5.29. The summed E-state index contributed by atoms with van der Waals surface area (Å²) < 4.78 is 15.3. The zero-order chi connectivity index (χ0) is 24.1. The highest BCUT2D eigenvalue weighted by molar-refractivity contribution is 7.16. The number of hydrogen-bond donors (Lipinski definition) is 1. The number of nitrogens with zero attached hydrogens (tertiary/aromatic N) is 1. The number of benzene rings is 1. The number of aryl methyl sites for hydroxylation is 1. The van der Waals surface area contributed by atoms with Crippen molar-refractivity contribution in [2.75, 3.05) is 37.1 Å². The normalized spacial score (nSPS) is 15.3. The Kier molecular flexibility index (Phi) is 7.70. The molecule has 1 fully saturated rings. The number of amides is 2. The Bertz CT molecular complexity index is 1060. The smallest absolute Gasteiger partial charge is 0.341 e. The summed E-state index contributed by atoms with van der Waals surface area (Å²) in [6.45, 7) is 5.66. The molecule has 1 aliphatic heterocycles. The second-order valence-corrected chi connectivity index (χ2v) is 8.69. The van der Waals surface area contributed by atoms with Gasteiger partial charge in [0.1, 0.15) is 10.8 Å². The molecule has 0 bridgehead atoms. The monoisotopic (exact) mass is 474 g/mol. The SMILES string of the molecule is CCOc1ccc(N2C[C@@H](C(=O)OCC(=O)Nc3sc(C)c(C)c3C(=O)OC)CC2=O)cc1. The van der Waals surface area contributed by atoms with Crippen LogP contribution in [0.3, 0.4) is 0 Å². The quantitative estimate of drug-likeness (QED) is 0.585. The van der Waals surface area contributed by atoms with Gasteiger partial charge in [-0.25, -0.2) is 4.79 Å². The lowest BCUT2D eigenvalue weighted by Gasteiger charge is -2.17. The van der Waals surface area contributed by atoms with Crippen molar-refractivity contribution in [2.45, 2.75) is 27.2 Å². The average molecular weight is 475 g/mol.